The molecule has 0 aromatic heterocycles. The molecule has 0 saturated heterocycles. The van der Waals surface area contributed by atoms with E-state index in [1.165, 1.54) is 5.56 Å². The molecule has 2 aromatic carbocycles. The van der Waals surface area contributed by atoms with E-state index in [1.54, 1.807) is 6.07 Å². The summed E-state index contributed by atoms with van der Waals surface area (Å²) in [6, 6.07) is 15.2. The topological polar surface area (TPSA) is 44.1 Å². The Kier molecular flexibility index (Phi) is 4.39. The number of likely N-dealkylation sites (N-methyl/N-ethyl adjacent to an activating group) is 1. The third-order valence-electron chi connectivity index (χ3n) is 3.65. The lowest BCUT2D eigenvalue weighted by atomic mass is 10.0. The maximum absolute atomic E-state index is 12.4. The number of nitrogens with zero attached hydrogens (tertiary/aromatic N) is 2. The zero-order valence-corrected chi connectivity index (χ0v) is 12.6. The number of hydrogen-bond donors (Lipinski definition) is 0. The number of carbonyl (C=O) groups excluding carboxylic acids is 1. The Morgan fingerprint density at radius 3 is 2.52 bits per heavy atom. The Labute approximate surface area is 125 Å². The number of carbonyl (C=O) groups is 1. The molecule has 0 unspecified atom stereocenters. The summed E-state index contributed by atoms with van der Waals surface area (Å²) in [5.74, 6) is 0.0494. The van der Waals surface area contributed by atoms with Crippen molar-refractivity contribution in [3.05, 3.63) is 64.7 Å². The van der Waals surface area contributed by atoms with Crippen LogP contribution in [0.3, 0.4) is 0 Å². The predicted molar refractivity (Wildman–Crippen MR) is 84.7 cm³/mol. The second-order valence-corrected chi connectivity index (χ2v) is 5.21. The molecule has 106 valence electrons. The number of anilines is 1. The molecule has 2 rings (SSSR count). The van der Waals surface area contributed by atoms with Crippen LogP contribution in [-0.2, 0) is 0 Å². The van der Waals surface area contributed by atoms with E-state index >= 15 is 0 Å². The molecule has 21 heavy (non-hydrogen) atoms. The number of ketones is 1. The summed E-state index contributed by atoms with van der Waals surface area (Å²) in [7, 11) is 1.83. The lowest BCUT2D eigenvalue weighted by Crippen LogP contribution is -2.26. The summed E-state index contributed by atoms with van der Waals surface area (Å²) in [5, 5.41) is 9.12. The highest BCUT2D eigenvalue weighted by Crippen LogP contribution is 2.19. The summed E-state index contributed by atoms with van der Waals surface area (Å²) in [4.78, 5) is 14.2. The fraction of sp³-hybridized carbons (Fsp3) is 0.222. The lowest BCUT2D eigenvalue weighted by molar-refractivity contribution is 0.100. The van der Waals surface area contributed by atoms with E-state index in [2.05, 4.69) is 6.07 Å². The van der Waals surface area contributed by atoms with Crippen LogP contribution in [0, 0.1) is 25.2 Å². The summed E-state index contributed by atoms with van der Waals surface area (Å²) >= 11 is 0. The first kappa shape index (κ1) is 14.8. The minimum absolute atomic E-state index is 0.0494. The Morgan fingerprint density at radius 1 is 1.14 bits per heavy atom. The van der Waals surface area contributed by atoms with Crippen molar-refractivity contribution in [1.29, 1.82) is 5.26 Å². The smallest absolute Gasteiger partial charge is 0.182 e. The van der Waals surface area contributed by atoms with Gasteiger partial charge in [0.15, 0.2) is 5.78 Å². The molecule has 0 spiro atoms. The van der Waals surface area contributed by atoms with E-state index in [0.29, 0.717) is 11.1 Å². The van der Waals surface area contributed by atoms with Crippen LogP contribution < -0.4 is 4.90 Å². The summed E-state index contributed by atoms with van der Waals surface area (Å²) in [6.07, 6.45) is 0. The highest BCUT2D eigenvalue weighted by molar-refractivity contribution is 5.99. The molecule has 0 amide bonds. The average molecular weight is 278 g/mol. The first-order chi connectivity index (χ1) is 10.0. The Hall–Kier alpha value is -2.60. The van der Waals surface area contributed by atoms with Crippen molar-refractivity contribution in [2.24, 2.45) is 0 Å². The first-order valence-electron chi connectivity index (χ1n) is 6.83. The molecule has 3 nitrogen and oxygen atoms in total. The molecular formula is C18H18N2O. The molecule has 0 heterocycles. The van der Waals surface area contributed by atoms with E-state index in [1.807, 2.05) is 62.2 Å². The van der Waals surface area contributed by atoms with Gasteiger partial charge < -0.3 is 4.90 Å². The van der Waals surface area contributed by atoms with Gasteiger partial charge in [-0.25, -0.2) is 0 Å². The van der Waals surface area contributed by atoms with Gasteiger partial charge in [-0.3, -0.25) is 4.79 Å². The van der Waals surface area contributed by atoms with E-state index < -0.39 is 0 Å². The van der Waals surface area contributed by atoms with Gasteiger partial charge in [0.1, 0.15) is 6.07 Å². The Bertz CT molecular complexity index is 713. The maximum Gasteiger partial charge on any atom is 0.182 e. The number of benzene rings is 2. The highest BCUT2D eigenvalue weighted by atomic mass is 16.1. The zero-order chi connectivity index (χ0) is 15.4. The molecule has 0 saturated carbocycles. The quantitative estimate of drug-likeness (QED) is 0.804. The van der Waals surface area contributed by atoms with Gasteiger partial charge in [-0.1, -0.05) is 24.3 Å². The van der Waals surface area contributed by atoms with E-state index in [-0.39, 0.29) is 12.3 Å². The van der Waals surface area contributed by atoms with Gasteiger partial charge in [-0.15, -0.1) is 0 Å². The molecule has 0 atom stereocenters. The van der Waals surface area contributed by atoms with Crippen molar-refractivity contribution >= 4 is 11.5 Å². The van der Waals surface area contributed by atoms with Crippen LogP contribution in [0.25, 0.3) is 0 Å². The van der Waals surface area contributed by atoms with Crippen LogP contribution in [0.5, 0.6) is 0 Å². The SMILES string of the molecule is Cc1ccc(C(=O)CN(C)c2ccccc2C#N)cc1C. The molecule has 0 bridgehead atoms. The zero-order valence-electron chi connectivity index (χ0n) is 12.6. The molecule has 0 radical (unpaired) electrons. The third-order valence-corrected chi connectivity index (χ3v) is 3.65. The second kappa shape index (κ2) is 6.23. The number of hydrogen-bond acceptors (Lipinski definition) is 3. The minimum Gasteiger partial charge on any atom is -0.366 e. The van der Waals surface area contributed by atoms with E-state index in [9.17, 15) is 4.79 Å². The average Bonchev–Trinajstić information content (AvgIpc) is 2.49. The standard InChI is InChI=1S/C18H18N2O/c1-13-8-9-15(10-14(13)2)18(21)12-20(3)17-7-5-4-6-16(17)11-19/h4-10H,12H2,1-3H3. The number of para-hydroxylation sites is 1. The third kappa shape index (κ3) is 3.29. The second-order valence-electron chi connectivity index (χ2n) is 5.21. The molecular weight excluding hydrogens is 260 g/mol. The van der Waals surface area contributed by atoms with Gasteiger partial charge in [-0.2, -0.15) is 5.26 Å². The van der Waals surface area contributed by atoms with Crippen LogP contribution in [0.1, 0.15) is 27.0 Å². The predicted octanol–water partition coefficient (Wildman–Crippen LogP) is 3.49. The van der Waals surface area contributed by atoms with Crippen LogP contribution >= 0.6 is 0 Å². The molecule has 0 aliphatic heterocycles. The van der Waals surface area contributed by atoms with Gasteiger partial charge in [0, 0.05) is 12.6 Å². The van der Waals surface area contributed by atoms with Crippen molar-refractivity contribution in [3.63, 3.8) is 0 Å². The van der Waals surface area contributed by atoms with Crippen molar-refractivity contribution < 1.29 is 4.79 Å². The largest absolute Gasteiger partial charge is 0.366 e. The van der Waals surface area contributed by atoms with E-state index in [0.717, 1.165) is 11.3 Å². The number of Topliss-reactive ketones (excluding diaryl/α,β-unsaturated/α-hetero) is 1. The lowest BCUT2D eigenvalue weighted by Gasteiger charge is -2.19. The number of aryl methyl sites for hydroxylation is 2. The van der Waals surface area contributed by atoms with Crippen LogP contribution in [0.4, 0.5) is 5.69 Å². The molecule has 0 fully saturated rings. The van der Waals surface area contributed by atoms with Crippen LogP contribution in [0.2, 0.25) is 0 Å². The summed E-state index contributed by atoms with van der Waals surface area (Å²) < 4.78 is 0. The van der Waals surface area contributed by atoms with Crippen LogP contribution in [-0.4, -0.2) is 19.4 Å². The summed E-state index contributed by atoms with van der Waals surface area (Å²) in [6.45, 7) is 4.28. The van der Waals surface area contributed by atoms with Gasteiger partial charge in [0.05, 0.1) is 17.8 Å². The van der Waals surface area contributed by atoms with Crippen molar-refractivity contribution in [1.82, 2.24) is 0 Å². The van der Waals surface area contributed by atoms with Crippen molar-refractivity contribution in [3.8, 4) is 6.07 Å². The number of rotatable bonds is 4. The highest BCUT2D eigenvalue weighted by Gasteiger charge is 2.13. The molecule has 0 aliphatic carbocycles. The fourth-order valence-corrected chi connectivity index (χ4v) is 2.21. The molecule has 3 heteroatoms. The van der Waals surface area contributed by atoms with Gasteiger partial charge in [0.2, 0.25) is 0 Å². The minimum atomic E-state index is 0.0494. The molecule has 0 N–H and O–H groups in total. The van der Waals surface area contributed by atoms with Gasteiger partial charge in [-0.05, 0) is 43.2 Å². The Balaban J connectivity index is 2.19. The molecule has 0 aliphatic rings. The Morgan fingerprint density at radius 2 is 1.86 bits per heavy atom. The van der Waals surface area contributed by atoms with Crippen LogP contribution in [0.15, 0.2) is 42.5 Å². The summed E-state index contributed by atoms with van der Waals surface area (Å²) in [5.41, 5.74) is 4.35. The van der Waals surface area contributed by atoms with E-state index in [4.69, 9.17) is 5.26 Å². The van der Waals surface area contributed by atoms with Crippen molar-refractivity contribution in [2.45, 2.75) is 13.8 Å². The molecule has 2 aromatic rings. The first-order valence-corrected chi connectivity index (χ1v) is 6.83. The normalized spacial score (nSPS) is 10.0. The maximum atomic E-state index is 12.4. The monoisotopic (exact) mass is 278 g/mol. The van der Waals surface area contributed by atoms with Gasteiger partial charge in [0.25, 0.3) is 0 Å². The fourth-order valence-electron chi connectivity index (χ4n) is 2.21. The van der Waals surface area contributed by atoms with Gasteiger partial charge >= 0.3 is 0 Å². The number of nitriles is 1. The van der Waals surface area contributed by atoms with Crippen molar-refractivity contribution in [2.75, 3.05) is 18.5 Å².